The summed E-state index contributed by atoms with van der Waals surface area (Å²) in [7, 11) is -9.93. The number of esters is 4. The number of rotatable bonds is 73. The maximum atomic E-state index is 13.1. The molecule has 5 unspecified atom stereocenters. The van der Waals surface area contributed by atoms with E-state index in [0.29, 0.717) is 25.7 Å². The maximum Gasteiger partial charge on any atom is 0.472 e. The van der Waals surface area contributed by atoms with Gasteiger partial charge in [0, 0.05) is 25.7 Å². The van der Waals surface area contributed by atoms with Crippen LogP contribution in [-0.2, 0) is 65.4 Å². The lowest BCUT2D eigenvalue weighted by molar-refractivity contribution is -0.161. The molecule has 0 aromatic rings. The van der Waals surface area contributed by atoms with Gasteiger partial charge < -0.3 is 33.8 Å². The molecule has 0 fully saturated rings. The van der Waals surface area contributed by atoms with Crippen LogP contribution in [0.3, 0.4) is 0 Å². The number of carbonyl (C=O) groups is 4. The molecule has 0 aliphatic rings. The van der Waals surface area contributed by atoms with E-state index in [1.807, 2.05) is 0 Å². The first-order valence-corrected chi connectivity index (χ1v) is 41.5. The standard InChI is InChI=1S/C77H140O17P2/c1-5-9-13-17-21-25-29-32-34-35-37-40-43-46-50-54-58-62-75(80)88-68-73(94-77(82)64-60-56-52-48-44-38-31-27-23-19-15-11-7-3)70-92-96(85,86)90-66-71(78)65-89-95(83,84)91-69-72(93-76(81)63-59-55-51-47-41-28-24-20-16-12-8-4)67-87-74(79)61-57-53-49-45-42-39-36-33-30-26-22-18-14-10-6-2/h9,13,20-21,24-25,32-34,36,71-73,78H,5-8,10-12,14-19,22-23,26-31,35,37-70H2,1-4H3,(H,83,84)(H,85,86)/b13-9-,24-20-,25-21-,34-32-,36-33-. The minimum atomic E-state index is -4.97. The molecule has 0 saturated carbocycles. The molecule has 0 aromatic heterocycles. The first-order chi connectivity index (χ1) is 46.7. The van der Waals surface area contributed by atoms with Crippen molar-refractivity contribution in [3.63, 3.8) is 0 Å². The minimum Gasteiger partial charge on any atom is -0.462 e. The zero-order chi connectivity index (χ0) is 70.4. The molecule has 0 bridgehead atoms. The van der Waals surface area contributed by atoms with Gasteiger partial charge in [-0.05, 0) is 103 Å². The normalized spacial score (nSPS) is 14.3. The fraction of sp³-hybridized carbons (Fsp3) is 0.818. The number of allylic oxidation sites excluding steroid dienone is 10. The molecule has 3 N–H and O–H groups in total. The van der Waals surface area contributed by atoms with Gasteiger partial charge in [0.25, 0.3) is 0 Å². The van der Waals surface area contributed by atoms with Crippen LogP contribution in [0.4, 0.5) is 0 Å². The summed E-state index contributed by atoms with van der Waals surface area (Å²) in [6, 6.07) is 0. The number of hydrogen-bond donors (Lipinski definition) is 3. The molecule has 0 saturated heterocycles. The number of phosphoric ester groups is 2. The lowest BCUT2D eigenvalue weighted by atomic mass is 10.0. The van der Waals surface area contributed by atoms with Crippen molar-refractivity contribution in [2.75, 3.05) is 39.6 Å². The van der Waals surface area contributed by atoms with E-state index >= 15 is 0 Å². The van der Waals surface area contributed by atoms with E-state index in [-0.39, 0.29) is 25.7 Å². The Morgan fingerprint density at radius 2 is 0.552 bits per heavy atom. The van der Waals surface area contributed by atoms with Crippen LogP contribution in [0.15, 0.2) is 60.8 Å². The van der Waals surface area contributed by atoms with Gasteiger partial charge in [-0.3, -0.25) is 37.3 Å². The largest absolute Gasteiger partial charge is 0.472 e. The fourth-order valence-electron chi connectivity index (χ4n) is 10.6. The van der Waals surface area contributed by atoms with E-state index in [4.69, 9.17) is 37.0 Å². The molecule has 5 atom stereocenters. The summed E-state index contributed by atoms with van der Waals surface area (Å²) in [5.74, 6) is -2.17. The Morgan fingerprint density at radius 3 is 0.875 bits per heavy atom. The smallest absolute Gasteiger partial charge is 0.462 e. The van der Waals surface area contributed by atoms with Crippen molar-refractivity contribution in [1.82, 2.24) is 0 Å². The van der Waals surface area contributed by atoms with Gasteiger partial charge in [0.1, 0.15) is 19.3 Å². The lowest BCUT2D eigenvalue weighted by Crippen LogP contribution is -2.30. The second-order valence-electron chi connectivity index (χ2n) is 25.9. The van der Waals surface area contributed by atoms with Gasteiger partial charge in [0.15, 0.2) is 12.2 Å². The molecular formula is C77H140O17P2. The second-order valence-corrected chi connectivity index (χ2v) is 28.8. The van der Waals surface area contributed by atoms with E-state index < -0.39 is 97.5 Å². The van der Waals surface area contributed by atoms with Crippen molar-refractivity contribution in [1.29, 1.82) is 0 Å². The van der Waals surface area contributed by atoms with Crippen LogP contribution in [0.5, 0.6) is 0 Å². The summed E-state index contributed by atoms with van der Waals surface area (Å²) in [5, 5.41) is 10.6. The van der Waals surface area contributed by atoms with Crippen LogP contribution in [0.25, 0.3) is 0 Å². The topological polar surface area (TPSA) is 237 Å². The molecule has 0 spiro atoms. The third-order valence-electron chi connectivity index (χ3n) is 16.5. The van der Waals surface area contributed by atoms with Gasteiger partial charge in [-0.15, -0.1) is 0 Å². The quantitative estimate of drug-likeness (QED) is 0.0169. The van der Waals surface area contributed by atoms with E-state index in [2.05, 4.69) is 88.5 Å². The first-order valence-electron chi connectivity index (χ1n) is 38.5. The molecule has 0 aliphatic heterocycles. The van der Waals surface area contributed by atoms with E-state index in [1.54, 1.807) is 0 Å². The Morgan fingerprint density at radius 1 is 0.302 bits per heavy atom. The number of hydrogen-bond acceptors (Lipinski definition) is 15. The van der Waals surface area contributed by atoms with Crippen molar-refractivity contribution in [2.45, 2.75) is 367 Å². The lowest BCUT2D eigenvalue weighted by Gasteiger charge is -2.21. The molecule has 17 nitrogen and oxygen atoms in total. The van der Waals surface area contributed by atoms with Gasteiger partial charge in [-0.25, -0.2) is 9.13 Å². The SMILES string of the molecule is CC/C=C\C/C=C\C/C=C\CCCCCCCCCC(=O)OCC(COP(=O)(O)OCC(O)COP(=O)(O)OCC(COC(=O)CCCCCCC/C=C\CCCCCCCC)OC(=O)CCCCCCC/C=C\CCCC)OC(=O)CCCCCCCCCCCCCCC. The molecule has 0 heterocycles. The second kappa shape index (κ2) is 70.2. The molecule has 0 rings (SSSR count). The van der Waals surface area contributed by atoms with Crippen LogP contribution in [0.2, 0.25) is 0 Å². The number of aliphatic hydroxyl groups excluding tert-OH is 1. The predicted molar refractivity (Wildman–Crippen MR) is 390 cm³/mol. The number of ether oxygens (including phenoxy) is 4. The fourth-order valence-corrected chi connectivity index (χ4v) is 12.1. The Labute approximate surface area is 584 Å². The summed E-state index contributed by atoms with van der Waals surface area (Å²) in [6.07, 6.45) is 67.8. The summed E-state index contributed by atoms with van der Waals surface area (Å²) in [4.78, 5) is 72.8. The zero-order valence-corrected chi connectivity index (χ0v) is 62.8. The van der Waals surface area contributed by atoms with Gasteiger partial charge in [0.05, 0.1) is 26.4 Å². The summed E-state index contributed by atoms with van der Waals surface area (Å²) < 4.78 is 68.4. The van der Waals surface area contributed by atoms with E-state index in [0.717, 1.165) is 167 Å². The molecule has 0 radical (unpaired) electrons. The average molecular weight is 1400 g/mol. The Bertz CT molecular complexity index is 2060. The third-order valence-corrected chi connectivity index (χ3v) is 18.4. The molecular weight excluding hydrogens is 1260 g/mol. The molecule has 0 aliphatic carbocycles. The van der Waals surface area contributed by atoms with Crippen molar-refractivity contribution in [3.05, 3.63) is 60.8 Å². The van der Waals surface area contributed by atoms with Crippen LogP contribution in [0.1, 0.15) is 349 Å². The van der Waals surface area contributed by atoms with E-state index in [1.165, 1.54) is 103 Å². The Balaban J connectivity index is 5.29. The Kier molecular flexibility index (Phi) is 67.8. The monoisotopic (exact) mass is 1400 g/mol. The van der Waals surface area contributed by atoms with Gasteiger partial charge in [-0.2, -0.15) is 0 Å². The van der Waals surface area contributed by atoms with Crippen molar-refractivity contribution < 1.29 is 80.2 Å². The van der Waals surface area contributed by atoms with Crippen molar-refractivity contribution >= 4 is 39.5 Å². The molecule has 560 valence electrons. The first kappa shape index (κ1) is 92.8. The predicted octanol–water partition coefficient (Wildman–Crippen LogP) is 21.9. The van der Waals surface area contributed by atoms with Gasteiger partial charge in [0.2, 0.25) is 0 Å². The van der Waals surface area contributed by atoms with Crippen LogP contribution in [0, 0.1) is 0 Å². The summed E-state index contributed by atoms with van der Waals surface area (Å²) >= 11 is 0. The van der Waals surface area contributed by atoms with Crippen LogP contribution in [-0.4, -0.2) is 96.7 Å². The highest BCUT2D eigenvalue weighted by Gasteiger charge is 2.30. The van der Waals surface area contributed by atoms with Gasteiger partial charge in [-0.1, -0.05) is 281 Å². The highest BCUT2D eigenvalue weighted by atomic mass is 31.2. The van der Waals surface area contributed by atoms with Gasteiger partial charge >= 0.3 is 39.5 Å². The van der Waals surface area contributed by atoms with E-state index in [9.17, 15) is 43.2 Å². The van der Waals surface area contributed by atoms with Crippen molar-refractivity contribution in [2.24, 2.45) is 0 Å². The van der Waals surface area contributed by atoms with Crippen LogP contribution >= 0.6 is 15.6 Å². The summed E-state index contributed by atoms with van der Waals surface area (Å²) in [6.45, 7) is 4.74. The number of phosphoric acid groups is 2. The molecule has 96 heavy (non-hydrogen) atoms. The highest BCUT2D eigenvalue weighted by molar-refractivity contribution is 7.47. The molecule has 0 amide bonds. The molecule has 0 aromatic carbocycles. The number of unbranched alkanes of at least 4 members (excludes halogenated alkanes) is 37. The maximum absolute atomic E-state index is 13.1. The summed E-state index contributed by atoms with van der Waals surface area (Å²) in [5.41, 5.74) is 0. The zero-order valence-electron chi connectivity index (χ0n) is 61.1. The number of aliphatic hydroxyl groups is 1. The molecule has 19 heteroatoms. The Hall–Kier alpha value is -3.24. The average Bonchev–Trinajstić information content (AvgIpc) is 1.17. The number of carbonyl (C=O) groups excluding carboxylic acids is 4. The van der Waals surface area contributed by atoms with Crippen LogP contribution < -0.4 is 0 Å². The highest BCUT2D eigenvalue weighted by Crippen LogP contribution is 2.45. The third kappa shape index (κ3) is 69.2. The minimum absolute atomic E-state index is 0.0870. The van der Waals surface area contributed by atoms with Crippen molar-refractivity contribution in [3.8, 4) is 0 Å².